The molecule has 0 aliphatic heterocycles. The van der Waals surface area contributed by atoms with E-state index in [0.717, 1.165) is 23.0 Å². The lowest BCUT2D eigenvalue weighted by atomic mass is 10.1. The first-order valence-corrected chi connectivity index (χ1v) is 6.18. The van der Waals surface area contributed by atoms with Crippen LogP contribution < -0.4 is 0 Å². The zero-order valence-electron chi connectivity index (χ0n) is 9.33. The van der Waals surface area contributed by atoms with E-state index in [1.807, 2.05) is 6.07 Å². The van der Waals surface area contributed by atoms with Crippen LogP contribution in [0.5, 0.6) is 0 Å². The van der Waals surface area contributed by atoms with Gasteiger partial charge in [-0.3, -0.25) is 9.78 Å². The summed E-state index contributed by atoms with van der Waals surface area (Å²) in [5, 5.41) is 0.611. The smallest absolute Gasteiger partial charge is 0.222 e. The van der Waals surface area contributed by atoms with Crippen LogP contribution in [-0.4, -0.2) is 29.9 Å². The molecule has 0 aliphatic rings. The molecule has 3 nitrogen and oxygen atoms in total. The predicted octanol–water partition coefficient (Wildman–Crippen LogP) is 2.91. The van der Waals surface area contributed by atoms with Crippen molar-refractivity contribution in [2.45, 2.75) is 19.3 Å². The van der Waals surface area contributed by atoms with E-state index in [2.05, 4.69) is 20.9 Å². The van der Waals surface area contributed by atoms with Gasteiger partial charge >= 0.3 is 0 Å². The second kappa shape index (κ2) is 6.21. The van der Waals surface area contributed by atoms with Gasteiger partial charge in [0.05, 0.1) is 10.7 Å². The fraction of sp³-hybridized carbons (Fsp3) is 0.455. The quantitative estimate of drug-likeness (QED) is 0.857. The SMILES string of the molecule is CN(C)C(=O)CCCc1ncc(Cl)cc1Br. The molecule has 0 fully saturated rings. The first-order chi connectivity index (χ1) is 7.50. The van der Waals surface area contributed by atoms with E-state index in [1.54, 1.807) is 25.2 Å². The van der Waals surface area contributed by atoms with E-state index < -0.39 is 0 Å². The third kappa shape index (κ3) is 4.10. The highest BCUT2D eigenvalue weighted by atomic mass is 79.9. The Hall–Kier alpha value is -0.610. The number of nitrogens with zero attached hydrogens (tertiary/aromatic N) is 2. The molecule has 0 spiro atoms. The molecule has 5 heteroatoms. The van der Waals surface area contributed by atoms with Gasteiger partial charge in [-0.2, -0.15) is 0 Å². The minimum absolute atomic E-state index is 0.144. The molecule has 1 amide bonds. The number of hydrogen-bond acceptors (Lipinski definition) is 2. The van der Waals surface area contributed by atoms with Crippen LogP contribution in [0.15, 0.2) is 16.7 Å². The molecule has 16 heavy (non-hydrogen) atoms. The Morgan fingerprint density at radius 3 is 2.81 bits per heavy atom. The molecule has 0 bridgehead atoms. The summed E-state index contributed by atoms with van der Waals surface area (Å²) in [6.07, 6.45) is 3.74. The number of amides is 1. The van der Waals surface area contributed by atoms with E-state index in [4.69, 9.17) is 11.6 Å². The minimum atomic E-state index is 0.144. The largest absolute Gasteiger partial charge is 0.349 e. The van der Waals surface area contributed by atoms with Crippen LogP contribution in [0.3, 0.4) is 0 Å². The summed E-state index contributed by atoms with van der Waals surface area (Å²) >= 11 is 9.19. The highest BCUT2D eigenvalue weighted by molar-refractivity contribution is 9.10. The van der Waals surface area contributed by atoms with Crippen molar-refractivity contribution in [2.75, 3.05) is 14.1 Å². The molecule has 88 valence electrons. The van der Waals surface area contributed by atoms with Crippen molar-refractivity contribution in [3.8, 4) is 0 Å². The highest BCUT2D eigenvalue weighted by Crippen LogP contribution is 2.20. The summed E-state index contributed by atoms with van der Waals surface area (Å²) in [7, 11) is 3.53. The maximum absolute atomic E-state index is 11.3. The van der Waals surface area contributed by atoms with Crippen LogP contribution in [0.1, 0.15) is 18.5 Å². The number of carbonyl (C=O) groups is 1. The van der Waals surface area contributed by atoms with E-state index in [-0.39, 0.29) is 5.91 Å². The van der Waals surface area contributed by atoms with Crippen LogP contribution in [-0.2, 0) is 11.2 Å². The monoisotopic (exact) mass is 304 g/mol. The number of aromatic nitrogens is 1. The number of aryl methyl sites for hydroxylation is 1. The lowest BCUT2D eigenvalue weighted by Crippen LogP contribution is -2.21. The molecule has 1 aromatic heterocycles. The lowest BCUT2D eigenvalue weighted by Gasteiger charge is -2.09. The maximum Gasteiger partial charge on any atom is 0.222 e. The van der Waals surface area contributed by atoms with Gasteiger partial charge in [-0.1, -0.05) is 11.6 Å². The highest BCUT2D eigenvalue weighted by Gasteiger charge is 2.06. The molecular formula is C11H14BrClN2O. The van der Waals surface area contributed by atoms with Crippen LogP contribution in [0.4, 0.5) is 0 Å². The Morgan fingerprint density at radius 1 is 1.56 bits per heavy atom. The summed E-state index contributed by atoms with van der Waals surface area (Å²) in [5.74, 6) is 0.144. The van der Waals surface area contributed by atoms with Gasteiger partial charge in [-0.25, -0.2) is 0 Å². The number of rotatable bonds is 4. The first-order valence-electron chi connectivity index (χ1n) is 5.01. The molecule has 0 aromatic carbocycles. The molecule has 1 heterocycles. The first kappa shape index (κ1) is 13.5. The Bertz CT molecular complexity index is 382. The van der Waals surface area contributed by atoms with Gasteiger partial charge < -0.3 is 4.90 Å². The Morgan fingerprint density at radius 2 is 2.25 bits per heavy atom. The van der Waals surface area contributed by atoms with E-state index >= 15 is 0 Å². The summed E-state index contributed by atoms with van der Waals surface area (Å²) in [6.45, 7) is 0. The molecule has 0 radical (unpaired) electrons. The van der Waals surface area contributed by atoms with Crippen molar-refractivity contribution in [1.82, 2.24) is 9.88 Å². The molecule has 0 aliphatic carbocycles. The number of carbonyl (C=O) groups excluding carboxylic acids is 1. The van der Waals surface area contributed by atoms with Crippen molar-refractivity contribution in [3.05, 3.63) is 27.5 Å². The molecule has 1 aromatic rings. The average molecular weight is 306 g/mol. The topological polar surface area (TPSA) is 33.2 Å². The third-order valence-corrected chi connectivity index (χ3v) is 3.08. The van der Waals surface area contributed by atoms with Gasteiger partial charge in [0.1, 0.15) is 0 Å². The van der Waals surface area contributed by atoms with Crippen molar-refractivity contribution in [3.63, 3.8) is 0 Å². The van der Waals surface area contributed by atoms with Gasteiger partial charge in [0.25, 0.3) is 0 Å². The molecule has 0 saturated heterocycles. The lowest BCUT2D eigenvalue weighted by molar-refractivity contribution is -0.128. The average Bonchev–Trinajstić information content (AvgIpc) is 2.20. The summed E-state index contributed by atoms with van der Waals surface area (Å²) in [6, 6.07) is 1.82. The van der Waals surface area contributed by atoms with Crippen molar-refractivity contribution in [1.29, 1.82) is 0 Å². The van der Waals surface area contributed by atoms with Crippen molar-refractivity contribution >= 4 is 33.4 Å². The second-order valence-corrected chi connectivity index (χ2v) is 5.01. The van der Waals surface area contributed by atoms with Crippen LogP contribution in [0, 0.1) is 0 Å². The molecule has 0 N–H and O–H groups in total. The molecule has 0 saturated carbocycles. The van der Waals surface area contributed by atoms with Crippen molar-refractivity contribution < 1.29 is 4.79 Å². The molecule has 0 atom stereocenters. The molecule has 0 unspecified atom stereocenters. The summed E-state index contributed by atoms with van der Waals surface area (Å²) < 4.78 is 0.900. The predicted molar refractivity (Wildman–Crippen MR) is 68.6 cm³/mol. The van der Waals surface area contributed by atoms with Gasteiger partial charge in [0.2, 0.25) is 5.91 Å². The minimum Gasteiger partial charge on any atom is -0.349 e. The Balaban J connectivity index is 2.46. The Kier molecular flexibility index (Phi) is 5.22. The van der Waals surface area contributed by atoms with E-state index in [0.29, 0.717) is 11.4 Å². The maximum atomic E-state index is 11.3. The zero-order valence-corrected chi connectivity index (χ0v) is 11.7. The normalized spacial score (nSPS) is 10.2. The fourth-order valence-electron chi connectivity index (χ4n) is 1.26. The number of halogens is 2. The molecular weight excluding hydrogens is 291 g/mol. The molecule has 1 rings (SSSR count). The Labute approximate surface area is 109 Å². The van der Waals surface area contributed by atoms with Gasteiger partial charge in [-0.05, 0) is 34.8 Å². The van der Waals surface area contributed by atoms with Crippen molar-refractivity contribution in [2.24, 2.45) is 0 Å². The van der Waals surface area contributed by atoms with Gasteiger partial charge in [0, 0.05) is 31.2 Å². The van der Waals surface area contributed by atoms with Gasteiger partial charge in [0.15, 0.2) is 0 Å². The van der Waals surface area contributed by atoms with E-state index in [1.165, 1.54) is 0 Å². The third-order valence-electron chi connectivity index (χ3n) is 2.19. The van der Waals surface area contributed by atoms with E-state index in [9.17, 15) is 4.79 Å². The van der Waals surface area contributed by atoms with Gasteiger partial charge in [-0.15, -0.1) is 0 Å². The zero-order chi connectivity index (χ0) is 12.1. The summed E-state index contributed by atoms with van der Waals surface area (Å²) in [5.41, 5.74) is 0.941. The number of hydrogen-bond donors (Lipinski definition) is 0. The number of pyridine rings is 1. The van der Waals surface area contributed by atoms with Crippen LogP contribution in [0.25, 0.3) is 0 Å². The second-order valence-electron chi connectivity index (χ2n) is 3.72. The van der Waals surface area contributed by atoms with Crippen LogP contribution in [0.2, 0.25) is 5.02 Å². The standard InChI is InChI=1S/C11H14BrClN2O/c1-15(2)11(16)5-3-4-10-9(12)6-8(13)7-14-10/h6-7H,3-5H2,1-2H3. The summed E-state index contributed by atoms with van der Waals surface area (Å²) in [4.78, 5) is 17.2. The van der Waals surface area contributed by atoms with Crippen LogP contribution >= 0.6 is 27.5 Å². The fourth-order valence-corrected chi connectivity index (χ4v) is 2.09.